The Morgan fingerprint density at radius 1 is 1.03 bits per heavy atom. The third kappa shape index (κ3) is 8.10. The Hall–Kier alpha value is -3.40. The molecule has 4 atom stereocenters. The lowest BCUT2D eigenvalue weighted by Crippen LogP contribution is -2.55. The van der Waals surface area contributed by atoms with Crippen LogP contribution in [0.25, 0.3) is 10.9 Å². The van der Waals surface area contributed by atoms with Crippen molar-refractivity contribution in [2.24, 2.45) is 17.6 Å². The van der Waals surface area contributed by atoms with Crippen LogP contribution in [0.4, 0.5) is 0 Å². The number of amides is 3. The first-order valence-electron chi connectivity index (χ1n) is 11.9. The number of nitrogens with two attached hydrogens (primary N) is 1. The zero-order valence-corrected chi connectivity index (χ0v) is 20.8. The van der Waals surface area contributed by atoms with Gasteiger partial charge in [0, 0.05) is 23.5 Å². The summed E-state index contributed by atoms with van der Waals surface area (Å²) in [5.74, 6) is -2.79. The maximum absolute atomic E-state index is 13.1. The van der Waals surface area contributed by atoms with Gasteiger partial charge in [-0.05, 0) is 29.9 Å². The minimum absolute atomic E-state index is 0.0444. The normalized spacial score (nSPS) is 14.7. The zero-order chi connectivity index (χ0) is 26.1. The number of aliphatic carboxylic acids is 1. The van der Waals surface area contributed by atoms with Crippen molar-refractivity contribution in [2.45, 2.75) is 65.1 Å². The average molecular weight is 488 g/mol. The van der Waals surface area contributed by atoms with Gasteiger partial charge in [0.2, 0.25) is 17.7 Å². The molecule has 3 amide bonds. The van der Waals surface area contributed by atoms with Crippen LogP contribution in [0, 0.1) is 11.8 Å². The molecule has 10 nitrogen and oxygen atoms in total. The molecule has 0 spiro atoms. The molecule has 0 fully saturated rings. The number of benzene rings is 1. The van der Waals surface area contributed by atoms with Gasteiger partial charge in [-0.2, -0.15) is 0 Å². The van der Waals surface area contributed by atoms with Gasteiger partial charge in [0.1, 0.15) is 12.1 Å². The zero-order valence-electron chi connectivity index (χ0n) is 20.8. The summed E-state index contributed by atoms with van der Waals surface area (Å²) in [7, 11) is 0. The van der Waals surface area contributed by atoms with E-state index in [1.165, 1.54) is 0 Å². The highest BCUT2D eigenvalue weighted by atomic mass is 16.4. The Morgan fingerprint density at radius 2 is 1.71 bits per heavy atom. The summed E-state index contributed by atoms with van der Waals surface area (Å²) in [5.41, 5.74) is 7.57. The highest BCUT2D eigenvalue weighted by Crippen LogP contribution is 2.19. The number of carboxylic acids is 1. The van der Waals surface area contributed by atoms with Crippen LogP contribution in [0.1, 0.15) is 46.1 Å². The van der Waals surface area contributed by atoms with Gasteiger partial charge in [0.05, 0.1) is 12.6 Å². The third-order valence-electron chi connectivity index (χ3n) is 6.06. The quantitative estimate of drug-likeness (QED) is 0.249. The SMILES string of the molecule is CCC(C)C(N)C(=O)NCC(=O)NC(Cc1c[nH]c2ccccc12)C(=O)NC(CC(C)C)C(=O)O. The molecule has 4 unspecified atom stereocenters. The molecule has 2 rings (SSSR count). The second kappa shape index (κ2) is 12.9. The van der Waals surface area contributed by atoms with Crippen molar-refractivity contribution in [2.75, 3.05) is 6.54 Å². The number of fused-ring (bicyclic) bond motifs is 1. The molecule has 0 saturated carbocycles. The number of nitrogens with one attached hydrogen (secondary N) is 4. The number of hydrogen-bond donors (Lipinski definition) is 6. The first kappa shape index (κ1) is 27.8. The molecule has 192 valence electrons. The summed E-state index contributed by atoms with van der Waals surface area (Å²) in [6.07, 6.45) is 2.86. The number of hydrogen-bond acceptors (Lipinski definition) is 5. The Labute approximate surface area is 205 Å². The summed E-state index contributed by atoms with van der Waals surface area (Å²) >= 11 is 0. The molecule has 0 aliphatic carbocycles. The Bertz CT molecular complexity index is 1030. The largest absolute Gasteiger partial charge is 0.480 e. The van der Waals surface area contributed by atoms with Crippen LogP contribution in [0.15, 0.2) is 30.5 Å². The molecule has 35 heavy (non-hydrogen) atoms. The number of carbonyl (C=O) groups excluding carboxylic acids is 3. The van der Waals surface area contributed by atoms with Crippen molar-refractivity contribution < 1.29 is 24.3 Å². The van der Waals surface area contributed by atoms with E-state index in [0.29, 0.717) is 0 Å². The van der Waals surface area contributed by atoms with Gasteiger partial charge in [-0.25, -0.2) is 4.79 Å². The molecule has 0 aliphatic rings. The predicted molar refractivity (Wildman–Crippen MR) is 133 cm³/mol. The van der Waals surface area contributed by atoms with Crippen molar-refractivity contribution in [3.05, 3.63) is 36.0 Å². The minimum atomic E-state index is -1.14. The van der Waals surface area contributed by atoms with E-state index in [9.17, 15) is 24.3 Å². The fraction of sp³-hybridized carbons (Fsp3) is 0.520. The molecular weight excluding hydrogens is 450 g/mol. The molecule has 0 radical (unpaired) electrons. The van der Waals surface area contributed by atoms with E-state index in [2.05, 4.69) is 20.9 Å². The molecule has 1 heterocycles. The standard InChI is InChI=1S/C25H37N5O5/c1-5-15(4)22(26)24(33)28-13-21(31)29-19(23(32)30-20(25(34)35)10-14(2)3)11-16-12-27-18-9-7-6-8-17(16)18/h6-9,12,14-15,19-20,22,27H,5,10-11,13,26H2,1-4H3,(H,28,33)(H,29,31)(H,30,32)(H,34,35). The summed E-state index contributed by atoms with van der Waals surface area (Å²) in [4.78, 5) is 52.8. The average Bonchev–Trinajstić information content (AvgIpc) is 3.23. The van der Waals surface area contributed by atoms with Gasteiger partial charge in [0.25, 0.3) is 0 Å². The molecule has 0 saturated heterocycles. The number of para-hydroxylation sites is 1. The van der Waals surface area contributed by atoms with Crippen molar-refractivity contribution in [3.8, 4) is 0 Å². The summed E-state index contributed by atoms with van der Waals surface area (Å²) < 4.78 is 0. The minimum Gasteiger partial charge on any atom is -0.480 e. The molecular formula is C25H37N5O5. The Morgan fingerprint density at radius 3 is 2.34 bits per heavy atom. The van der Waals surface area contributed by atoms with Crippen LogP contribution in [0.3, 0.4) is 0 Å². The molecule has 10 heteroatoms. The third-order valence-corrected chi connectivity index (χ3v) is 6.06. The second-order valence-electron chi connectivity index (χ2n) is 9.34. The monoisotopic (exact) mass is 487 g/mol. The van der Waals surface area contributed by atoms with E-state index in [1.807, 2.05) is 52.0 Å². The van der Waals surface area contributed by atoms with Crippen molar-refractivity contribution >= 4 is 34.6 Å². The highest BCUT2D eigenvalue weighted by Gasteiger charge is 2.28. The lowest BCUT2D eigenvalue weighted by Gasteiger charge is -2.23. The van der Waals surface area contributed by atoms with E-state index in [-0.39, 0.29) is 31.2 Å². The Balaban J connectivity index is 2.16. The van der Waals surface area contributed by atoms with Gasteiger partial charge in [-0.1, -0.05) is 52.3 Å². The van der Waals surface area contributed by atoms with Crippen LogP contribution in [-0.4, -0.2) is 58.5 Å². The number of aromatic amines is 1. The number of carbonyl (C=O) groups is 4. The van der Waals surface area contributed by atoms with E-state index < -0.39 is 41.8 Å². The Kier molecular flexibility index (Phi) is 10.3. The van der Waals surface area contributed by atoms with E-state index in [4.69, 9.17) is 5.73 Å². The van der Waals surface area contributed by atoms with Gasteiger partial charge < -0.3 is 31.8 Å². The topological polar surface area (TPSA) is 166 Å². The van der Waals surface area contributed by atoms with Gasteiger partial charge in [0.15, 0.2) is 0 Å². The van der Waals surface area contributed by atoms with E-state index >= 15 is 0 Å². The van der Waals surface area contributed by atoms with Gasteiger partial charge >= 0.3 is 5.97 Å². The molecule has 0 bridgehead atoms. The van der Waals surface area contributed by atoms with E-state index in [0.717, 1.165) is 22.9 Å². The summed E-state index contributed by atoms with van der Waals surface area (Å²) in [6.45, 7) is 7.14. The molecule has 0 aliphatic heterocycles. The van der Waals surface area contributed by atoms with Crippen LogP contribution < -0.4 is 21.7 Å². The van der Waals surface area contributed by atoms with Crippen LogP contribution in [-0.2, 0) is 25.6 Å². The van der Waals surface area contributed by atoms with Crippen molar-refractivity contribution in [3.63, 3.8) is 0 Å². The summed E-state index contributed by atoms with van der Waals surface area (Å²) in [5, 5.41) is 18.1. The highest BCUT2D eigenvalue weighted by molar-refractivity contribution is 5.93. The molecule has 2 aromatic rings. The van der Waals surface area contributed by atoms with Gasteiger partial charge in [-0.3, -0.25) is 14.4 Å². The number of H-pyrrole nitrogens is 1. The fourth-order valence-electron chi connectivity index (χ4n) is 3.74. The van der Waals surface area contributed by atoms with Crippen LogP contribution in [0.5, 0.6) is 0 Å². The number of rotatable bonds is 13. The maximum Gasteiger partial charge on any atom is 0.326 e. The van der Waals surface area contributed by atoms with Crippen molar-refractivity contribution in [1.82, 2.24) is 20.9 Å². The lowest BCUT2D eigenvalue weighted by atomic mass is 9.99. The first-order valence-corrected chi connectivity index (χ1v) is 11.9. The lowest BCUT2D eigenvalue weighted by molar-refractivity contribution is -0.142. The predicted octanol–water partition coefficient (Wildman–Crippen LogP) is 1.30. The second-order valence-corrected chi connectivity index (χ2v) is 9.34. The van der Waals surface area contributed by atoms with Gasteiger partial charge in [-0.15, -0.1) is 0 Å². The maximum atomic E-state index is 13.1. The molecule has 1 aromatic carbocycles. The number of carboxylic acid groups (broad SMARTS) is 1. The first-order chi connectivity index (χ1) is 16.5. The number of aromatic nitrogens is 1. The summed E-state index contributed by atoms with van der Waals surface area (Å²) in [6, 6.07) is 4.66. The van der Waals surface area contributed by atoms with Crippen molar-refractivity contribution in [1.29, 1.82) is 0 Å². The van der Waals surface area contributed by atoms with E-state index in [1.54, 1.807) is 6.20 Å². The fourth-order valence-corrected chi connectivity index (χ4v) is 3.74. The molecule has 1 aromatic heterocycles. The van der Waals surface area contributed by atoms with Crippen LogP contribution in [0.2, 0.25) is 0 Å². The smallest absolute Gasteiger partial charge is 0.326 e. The molecule has 7 N–H and O–H groups in total. The van der Waals surface area contributed by atoms with Crippen LogP contribution >= 0.6 is 0 Å².